The van der Waals surface area contributed by atoms with Gasteiger partial charge in [-0.05, 0) is 53.9 Å². The van der Waals surface area contributed by atoms with Crippen LogP contribution in [0.15, 0.2) is 83.8 Å². The van der Waals surface area contributed by atoms with Gasteiger partial charge in [0.05, 0.1) is 11.0 Å². The van der Waals surface area contributed by atoms with Crippen LogP contribution in [0.3, 0.4) is 0 Å². The Morgan fingerprint density at radius 1 is 1.00 bits per heavy atom. The lowest BCUT2D eigenvalue weighted by atomic mass is 10.2. The molecule has 2 N–H and O–H groups in total. The van der Waals surface area contributed by atoms with Crippen LogP contribution in [0.25, 0.3) is 11.0 Å². The van der Waals surface area contributed by atoms with Crippen molar-refractivity contribution in [2.45, 2.75) is 17.9 Å². The van der Waals surface area contributed by atoms with E-state index in [4.69, 9.17) is 11.6 Å². The number of rotatable bonds is 7. The molecule has 0 unspecified atom stereocenters. The van der Waals surface area contributed by atoms with Gasteiger partial charge in [0, 0.05) is 29.4 Å². The molecular weight excluding hydrogens is 416 g/mol. The van der Waals surface area contributed by atoms with E-state index >= 15 is 0 Å². The second-order valence-corrected chi connectivity index (χ2v) is 8.14. The number of urea groups is 1. The quantitative estimate of drug-likeness (QED) is 0.366. The van der Waals surface area contributed by atoms with Crippen molar-refractivity contribution in [1.82, 2.24) is 19.6 Å². The number of imidazole rings is 1. The summed E-state index contributed by atoms with van der Waals surface area (Å²) >= 11 is 7.21. The number of nitrogens with one attached hydrogen (secondary N) is 2. The fourth-order valence-corrected chi connectivity index (χ4v) is 3.82. The summed E-state index contributed by atoms with van der Waals surface area (Å²) in [5, 5.41) is 0.669. The van der Waals surface area contributed by atoms with Crippen LogP contribution in [0.2, 0.25) is 5.02 Å². The molecule has 1 heterocycles. The maximum absolute atomic E-state index is 12.9. The van der Waals surface area contributed by atoms with Gasteiger partial charge in [-0.2, -0.15) is 0 Å². The lowest BCUT2D eigenvalue weighted by Crippen LogP contribution is -2.38. The highest BCUT2D eigenvalue weighted by Crippen LogP contribution is 2.18. The van der Waals surface area contributed by atoms with E-state index in [1.807, 2.05) is 66.7 Å². The Morgan fingerprint density at radius 2 is 1.73 bits per heavy atom. The molecule has 0 radical (unpaired) electrons. The predicted octanol–water partition coefficient (Wildman–Crippen LogP) is 5.68. The standard InChI is InChI=1S/C23H21ClN4OS/c24-18-10-12-19(13-11-18)30-27-23(29)28(16-17-6-2-1-3-7-17)15-14-22-25-20-8-4-5-9-21(20)26-22/h1-13H,14-16H2,(H,25,26)(H,27,29). The van der Waals surface area contributed by atoms with Gasteiger partial charge in [0.25, 0.3) is 0 Å². The van der Waals surface area contributed by atoms with Crippen LogP contribution in [-0.2, 0) is 13.0 Å². The van der Waals surface area contributed by atoms with Crippen LogP contribution in [0, 0.1) is 0 Å². The number of fused-ring (bicyclic) bond motifs is 1. The highest BCUT2D eigenvalue weighted by Gasteiger charge is 2.15. The summed E-state index contributed by atoms with van der Waals surface area (Å²) in [5.74, 6) is 0.868. The van der Waals surface area contributed by atoms with Gasteiger partial charge in [0.1, 0.15) is 5.82 Å². The van der Waals surface area contributed by atoms with Gasteiger partial charge in [-0.25, -0.2) is 9.78 Å². The number of H-pyrrole nitrogens is 1. The fourth-order valence-electron chi connectivity index (χ4n) is 3.09. The SMILES string of the molecule is O=C(NSc1ccc(Cl)cc1)N(CCc1nc2ccccc2[nH]1)Cc1ccccc1. The van der Waals surface area contributed by atoms with E-state index in [0.29, 0.717) is 24.5 Å². The van der Waals surface area contributed by atoms with E-state index in [1.165, 1.54) is 11.9 Å². The first-order valence-electron chi connectivity index (χ1n) is 9.62. The number of halogens is 1. The number of aromatic amines is 1. The average Bonchev–Trinajstić information content (AvgIpc) is 3.20. The molecule has 0 saturated carbocycles. The zero-order chi connectivity index (χ0) is 20.8. The molecule has 1 aromatic heterocycles. The van der Waals surface area contributed by atoms with E-state index in [1.54, 1.807) is 17.0 Å². The molecule has 0 aliphatic carbocycles. The molecule has 4 aromatic rings. The molecule has 5 nitrogen and oxygen atoms in total. The Bertz CT molecular complexity index is 1080. The molecule has 0 saturated heterocycles. The van der Waals surface area contributed by atoms with Gasteiger partial charge >= 0.3 is 6.03 Å². The van der Waals surface area contributed by atoms with Crippen LogP contribution >= 0.6 is 23.5 Å². The second-order valence-electron chi connectivity index (χ2n) is 6.82. The Balaban J connectivity index is 1.43. The molecule has 3 aromatic carbocycles. The first-order valence-corrected chi connectivity index (χ1v) is 10.8. The number of hydrogen-bond donors (Lipinski definition) is 2. The fraction of sp³-hybridized carbons (Fsp3) is 0.130. The summed E-state index contributed by atoms with van der Waals surface area (Å²) < 4.78 is 2.93. The number of benzene rings is 3. The van der Waals surface area contributed by atoms with Crippen molar-refractivity contribution in [1.29, 1.82) is 0 Å². The summed E-state index contributed by atoms with van der Waals surface area (Å²) in [4.78, 5) is 23.6. The third-order valence-corrected chi connectivity index (χ3v) is 5.67. The molecular formula is C23H21ClN4OS. The zero-order valence-corrected chi connectivity index (χ0v) is 17.8. The molecule has 30 heavy (non-hydrogen) atoms. The summed E-state index contributed by atoms with van der Waals surface area (Å²) in [7, 11) is 0. The number of carbonyl (C=O) groups is 1. The number of nitrogens with zero attached hydrogens (tertiary/aromatic N) is 2. The van der Waals surface area contributed by atoms with Gasteiger partial charge in [0.15, 0.2) is 0 Å². The number of amides is 2. The van der Waals surface area contributed by atoms with E-state index in [-0.39, 0.29) is 6.03 Å². The molecule has 0 atom stereocenters. The Morgan fingerprint density at radius 3 is 2.50 bits per heavy atom. The maximum Gasteiger partial charge on any atom is 0.327 e. The molecule has 0 fully saturated rings. The molecule has 4 rings (SSSR count). The van der Waals surface area contributed by atoms with Gasteiger partial charge in [-0.15, -0.1) is 0 Å². The number of para-hydroxylation sites is 2. The van der Waals surface area contributed by atoms with Gasteiger partial charge in [0.2, 0.25) is 0 Å². The topological polar surface area (TPSA) is 61.0 Å². The van der Waals surface area contributed by atoms with Crippen LogP contribution < -0.4 is 4.72 Å². The first kappa shape index (κ1) is 20.3. The van der Waals surface area contributed by atoms with Gasteiger partial charge in [-0.1, -0.05) is 54.1 Å². The van der Waals surface area contributed by atoms with Crippen LogP contribution in [0.5, 0.6) is 0 Å². The first-order chi connectivity index (χ1) is 14.7. The van der Waals surface area contributed by atoms with Gasteiger partial charge < -0.3 is 9.88 Å². The second kappa shape index (κ2) is 9.69. The molecule has 7 heteroatoms. The Labute approximate surface area is 184 Å². The monoisotopic (exact) mass is 436 g/mol. The predicted molar refractivity (Wildman–Crippen MR) is 122 cm³/mol. The molecule has 152 valence electrons. The van der Waals surface area contributed by atoms with Crippen LogP contribution in [-0.4, -0.2) is 27.4 Å². The number of carbonyl (C=O) groups excluding carboxylic acids is 1. The minimum Gasteiger partial charge on any atom is -0.342 e. The zero-order valence-electron chi connectivity index (χ0n) is 16.2. The average molecular weight is 437 g/mol. The maximum atomic E-state index is 12.9. The third kappa shape index (κ3) is 5.34. The van der Waals surface area contributed by atoms with Crippen molar-refractivity contribution >= 4 is 40.6 Å². The lowest BCUT2D eigenvalue weighted by molar-refractivity contribution is 0.202. The summed E-state index contributed by atoms with van der Waals surface area (Å²) in [5.41, 5.74) is 3.02. The van der Waals surface area contributed by atoms with E-state index < -0.39 is 0 Å². The summed E-state index contributed by atoms with van der Waals surface area (Å²) in [6.45, 7) is 1.07. The number of hydrogen-bond acceptors (Lipinski definition) is 3. The third-order valence-electron chi connectivity index (χ3n) is 4.63. The van der Waals surface area contributed by atoms with Crippen molar-refractivity contribution < 1.29 is 4.79 Å². The number of aromatic nitrogens is 2. The molecule has 0 bridgehead atoms. The highest BCUT2D eigenvalue weighted by molar-refractivity contribution is 7.98. The van der Waals surface area contributed by atoms with Crippen LogP contribution in [0.4, 0.5) is 4.79 Å². The normalized spacial score (nSPS) is 10.8. The summed E-state index contributed by atoms with van der Waals surface area (Å²) in [6.07, 6.45) is 0.639. The van der Waals surface area contributed by atoms with Gasteiger partial charge in [-0.3, -0.25) is 4.72 Å². The van der Waals surface area contributed by atoms with Crippen molar-refractivity contribution in [2.24, 2.45) is 0 Å². The summed E-state index contributed by atoms with van der Waals surface area (Å²) in [6, 6.07) is 25.1. The van der Waals surface area contributed by atoms with Crippen molar-refractivity contribution in [2.75, 3.05) is 6.54 Å². The molecule has 0 aliphatic heterocycles. The van der Waals surface area contributed by atoms with Crippen molar-refractivity contribution in [3.63, 3.8) is 0 Å². The molecule has 2 amide bonds. The Kier molecular flexibility index (Phi) is 6.57. The van der Waals surface area contributed by atoms with E-state index in [0.717, 1.165) is 27.3 Å². The van der Waals surface area contributed by atoms with Crippen molar-refractivity contribution in [3.8, 4) is 0 Å². The Hall–Kier alpha value is -2.96. The van der Waals surface area contributed by atoms with Crippen LogP contribution in [0.1, 0.15) is 11.4 Å². The molecule has 0 spiro atoms. The smallest absolute Gasteiger partial charge is 0.327 e. The van der Waals surface area contributed by atoms with Crippen molar-refractivity contribution in [3.05, 3.63) is 95.3 Å². The minimum absolute atomic E-state index is 0.144. The van der Waals surface area contributed by atoms with E-state index in [9.17, 15) is 4.79 Å². The highest BCUT2D eigenvalue weighted by atomic mass is 35.5. The lowest BCUT2D eigenvalue weighted by Gasteiger charge is -2.22. The van der Waals surface area contributed by atoms with E-state index in [2.05, 4.69) is 14.7 Å². The minimum atomic E-state index is -0.144. The largest absolute Gasteiger partial charge is 0.342 e. The molecule has 0 aliphatic rings.